The first-order valence-corrected chi connectivity index (χ1v) is 6.97. The fourth-order valence-electron chi connectivity index (χ4n) is 2.88. The van der Waals surface area contributed by atoms with Crippen LogP contribution in [0.4, 0.5) is 4.79 Å². The maximum absolute atomic E-state index is 12.0. The van der Waals surface area contributed by atoms with Crippen LogP contribution in [0.25, 0.3) is 0 Å². The van der Waals surface area contributed by atoms with Gasteiger partial charge in [0.15, 0.2) is 0 Å². The highest BCUT2D eigenvalue weighted by atomic mass is 16.6. The molecule has 2 amide bonds. The molecule has 0 bridgehead atoms. The van der Waals surface area contributed by atoms with E-state index in [0.29, 0.717) is 19.0 Å². The summed E-state index contributed by atoms with van der Waals surface area (Å²) in [7, 11) is 0. The molecule has 0 aliphatic carbocycles. The van der Waals surface area contributed by atoms with E-state index in [4.69, 9.17) is 4.74 Å². The zero-order chi connectivity index (χ0) is 13.9. The van der Waals surface area contributed by atoms with Gasteiger partial charge in [0.25, 0.3) is 0 Å². The van der Waals surface area contributed by atoms with E-state index in [0.717, 1.165) is 18.5 Å². The first-order chi connectivity index (χ1) is 9.74. The summed E-state index contributed by atoms with van der Waals surface area (Å²) in [6.07, 6.45) is 0.538. The standard InChI is InChI=1S/C15H18N2O3/c18-14-13-9-17(7-6-12(13)8-16-14)15(19)20-10-11-4-2-1-3-5-11/h1-5,12-13H,6-10H2,(H,16,18). The average Bonchev–Trinajstić information content (AvgIpc) is 2.87. The number of benzene rings is 1. The molecule has 106 valence electrons. The largest absolute Gasteiger partial charge is 0.445 e. The lowest BCUT2D eigenvalue weighted by molar-refractivity contribution is -0.124. The van der Waals surface area contributed by atoms with Gasteiger partial charge in [-0.15, -0.1) is 0 Å². The summed E-state index contributed by atoms with van der Waals surface area (Å²) in [5.74, 6) is 0.379. The van der Waals surface area contributed by atoms with Gasteiger partial charge >= 0.3 is 6.09 Å². The number of nitrogens with one attached hydrogen (secondary N) is 1. The van der Waals surface area contributed by atoms with Gasteiger partial charge in [-0.05, 0) is 17.9 Å². The highest BCUT2D eigenvalue weighted by molar-refractivity contribution is 5.82. The Morgan fingerprint density at radius 2 is 2.15 bits per heavy atom. The number of carbonyl (C=O) groups excluding carboxylic acids is 2. The molecule has 2 aliphatic rings. The van der Waals surface area contributed by atoms with Crippen molar-refractivity contribution in [3.8, 4) is 0 Å². The summed E-state index contributed by atoms with van der Waals surface area (Å²) < 4.78 is 5.31. The van der Waals surface area contributed by atoms with E-state index in [1.807, 2.05) is 30.3 Å². The first kappa shape index (κ1) is 13.0. The Morgan fingerprint density at radius 1 is 1.35 bits per heavy atom. The molecule has 1 N–H and O–H groups in total. The van der Waals surface area contributed by atoms with Crippen LogP contribution in [0.1, 0.15) is 12.0 Å². The van der Waals surface area contributed by atoms with E-state index in [-0.39, 0.29) is 24.5 Å². The molecule has 2 unspecified atom stereocenters. The lowest BCUT2D eigenvalue weighted by Crippen LogP contribution is -2.44. The van der Waals surface area contributed by atoms with Crippen LogP contribution in [0, 0.1) is 11.8 Å². The van der Waals surface area contributed by atoms with Crippen molar-refractivity contribution in [2.24, 2.45) is 11.8 Å². The monoisotopic (exact) mass is 274 g/mol. The summed E-state index contributed by atoms with van der Waals surface area (Å²) in [5.41, 5.74) is 0.967. The molecule has 5 heteroatoms. The molecular formula is C15H18N2O3. The number of hydrogen-bond acceptors (Lipinski definition) is 3. The lowest BCUT2D eigenvalue weighted by atomic mass is 9.88. The van der Waals surface area contributed by atoms with Gasteiger partial charge in [-0.25, -0.2) is 4.79 Å². The summed E-state index contributed by atoms with van der Waals surface area (Å²) in [6, 6.07) is 9.59. The number of likely N-dealkylation sites (tertiary alicyclic amines) is 1. The van der Waals surface area contributed by atoms with Crippen molar-refractivity contribution in [3.63, 3.8) is 0 Å². The molecular weight excluding hydrogens is 256 g/mol. The Hall–Kier alpha value is -2.04. The highest BCUT2D eigenvalue weighted by Crippen LogP contribution is 2.27. The van der Waals surface area contributed by atoms with E-state index in [2.05, 4.69) is 5.32 Å². The van der Waals surface area contributed by atoms with Crippen molar-refractivity contribution < 1.29 is 14.3 Å². The molecule has 5 nitrogen and oxygen atoms in total. The number of fused-ring (bicyclic) bond motifs is 1. The zero-order valence-corrected chi connectivity index (χ0v) is 11.2. The molecule has 2 saturated heterocycles. The maximum Gasteiger partial charge on any atom is 0.410 e. The van der Waals surface area contributed by atoms with E-state index in [1.165, 1.54) is 0 Å². The number of amides is 2. The quantitative estimate of drug-likeness (QED) is 0.886. The SMILES string of the molecule is O=C1NCC2CCN(C(=O)OCc3ccccc3)CC12. The van der Waals surface area contributed by atoms with Gasteiger partial charge in [0.1, 0.15) is 6.61 Å². The van der Waals surface area contributed by atoms with Gasteiger partial charge in [-0.3, -0.25) is 4.79 Å². The Kier molecular flexibility index (Phi) is 3.58. The summed E-state index contributed by atoms with van der Waals surface area (Å²) >= 11 is 0. The average molecular weight is 274 g/mol. The first-order valence-electron chi connectivity index (χ1n) is 6.97. The van der Waals surface area contributed by atoms with Gasteiger partial charge in [0.05, 0.1) is 5.92 Å². The van der Waals surface area contributed by atoms with Crippen LogP contribution in [0.2, 0.25) is 0 Å². The third-order valence-corrected chi connectivity index (χ3v) is 4.09. The van der Waals surface area contributed by atoms with Crippen LogP contribution in [0.3, 0.4) is 0 Å². The number of hydrogen-bond donors (Lipinski definition) is 1. The van der Waals surface area contributed by atoms with Gasteiger partial charge in [0.2, 0.25) is 5.91 Å². The van der Waals surface area contributed by atoms with Crippen LogP contribution in [-0.2, 0) is 16.1 Å². The Bertz CT molecular complexity index is 503. The van der Waals surface area contributed by atoms with E-state index in [1.54, 1.807) is 4.90 Å². The van der Waals surface area contributed by atoms with Gasteiger partial charge in [0, 0.05) is 19.6 Å². The molecule has 0 spiro atoms. The minimum absolute atomic E-state index is 0.0620. The topological polar surface area (TPSA) is 58.6 Å². The molecule has 2 heterocycles. The highest BCUT2D eigenvalue weighted by Gasteiger charge is 2.40. The van der Waals surface area contributed by atoms with Crippen molar-refractivity contribution in [2.75, 3.05) is 19.6 Å². The molecule has 2 fully saturated rings. The minimum atomic E-state index is -0.327. The maximum atomic E-state index is 12.0. The van der Waals surface area contributed by atoms with Crippen LogP contribution in [0.5, 0.6) is 0 Å². The molecule has 0 aromatic heterocycles. The second-order valence-corrected chi connectivity index (χ2v) is 5.39. The van der Waals surface area contributed by atoms with Crippen LogP contribution in [-0.4, -0.2) is 36.5 Å². The van der Waals surface area contributed by atoms with Gasteiger partial charge in [-0.2, -0.15) is 0 Å². The molecule has 1 aromatic carbocycles. The molecule has 2 atom stereocenters. The summed E-state index contributed by atoms with van der Waals surface area (Å²) in [6.45, 7) is 2.17. The normalized spacial score (nSPS) is 25.0. The number of rotatable bonds is 2. The van der Waals surface area contributed by atoms with Crippen molar-refractivity contribution in [1.29, 1.82) is 0 Å². The van der Waals surface area contributed by atoms with Gasteiger partial charge in [-0.1, -0.05) is 30.3 Å². The van der Waals surface area contributed by atoms with Crippen LogP contribution >= 0.6 is 0 Å². The second-order valence-electron chi connectivity index (χ2n) is 5.39. The fourth-order valence-corrected chi connectivity index (χ4v) is 2.88. The number of ether oxygens (including phenoxy) is 1. The summed E-state index contributed by atoms with van der Waals surface area (Å²) in [4.78, 5) is 25.4. The lowest BCUT2D eigenvalue weighted by Gasteiger charge is -2.32. The van der Waals surface area contributed by atoms with Crippen LogP contribution in [0.15, 0.2) is 30.3 Å². The third kappa shape index (κ3) is 2.61. The molecule has 3 rings (SSSR count). The summed E-state index contributed by atoms with van der Waals surface area (Å²) in [5, 5.41) is 2.86. The predicted molar refractivity (Wildman–Crippen MR) is 72.8 cm³/mol. The number of carbonyl (C=O) groups is 2. The van der Waals surface area contributed by atoms with Crippen LogP contribution < -0.4 is 5.32 Å². The fraction of sp³-hybridized carbons (Fsp3) is 0.467. The zero-order valence-electron chi connectivity index (χ0n) is 11.2. The van der Waals surface area contributed by atoms with E-state index in [9.17, 15) is 9.59 Å². The third-order valence-electron chi connectivity index (χ3n) is 4.09. The molecule has 1 aromatic rings. The van der Waals surface area contributed by atoms with Crippen molar-refractivity contribution in [1.82, 2.24) is 10.2 Å². The molecule has 0 saturated carbocycles. The Labute approximate surface area is 117 Å². The number of piperidine rings is 1. The predicted octanol–water partition coefficient (Wildman–Crippen LogP) is 1.39. The Balaban J connectivity index is 1.54. The van der Waals surface area contributed by atoms with Crippen molar-refractivity contribution >= 4 is 12.0 Å². The molecule has 0 radical (unpaired) electrons. The van der Waals surface area contributed by atoms with Crippen molar-refractivity contribution in [3.05, 3.63) is 35.9 Å². The Morgan fingerprint density at radius 3 is 2.95 bits per heavy atom. The van der Waals surface area contributed by atoms with Crippen molar-refractivity contribution in [2.45, 2.75) is 13.0 Å². The molecule has 2 aliphatic heterocycles. The van der Waals surface area contributed by atoms with E-state index < -0.39 is 0 Å². The smallest absolute Gasteiger partial charge is 0.410 e. The molecule has 20 heavy (non-hydrogen) atoms. The second kappa shape index (κ2) is 5.53. The number of nitrogens with zero attached hydrogens (tertiary/aromatic N) is 1. The van der Waals surface area contributed by atoms with E-state index >= 15 is 0 Å². The minimum Gasteiger partial charge on any atom is -0.445 e. The van der Waals surface area contributed by atoms with Gasteiger partial charge < -0.3 is 15.0 Å².